The van der Waals surface area contributed by atoms with E-state index in [1.807, 2.05) is 6.92 Å². The smallest absolute Gasteiger partial charge is 0.416 e. The third kappa shape index (κ3) is 4.50. The highest BCUT2D eigenvalue weighted by atomic mass is 19.4. The normalized spacial score (nSPS) is 12.5. The van der Waals surface area contributed by atoms with Crippen LogP contribution in [0.1, 0.15) is 40.0 Å². The molecule has 2 heterocycles. The van der Waals surface area contributed by atoms with Crippen molar-refractivity contribution in [1.82, 2.24) is 4.98 Å². The molecule has 0 amide bonds. The van der Waals surface area contributed by atoms with E-state index in [1.54, 1.807) is 37.4 Å². The molecule has 34 heavy (non-hydrogen) atoms. The molecule has 9 heteroatoms. The van der Waals surface area contributed by atoms with E-state index in [-0.39, 0.29) is 33.5 Å². The fourth-order valence-electron chi connectivity index (χ4n) is 3.62. The predicted octanol–water partition coefficient (Wildman–Crippen LogP) is 6.05. The molecule has 0 aliphatic carbocycles. The third-order valence-electron chi connectivity index (χ3n) is 5.34. The van der Waals surface area contributed by atoms with Crippen molar-refractivity contribution in [3.05, 3.63) is 93.3 Å². The minimum atomic E-state index is -4.70. The fourth-order valence-corrected chi connectivity index (χ4v) is 3.62. The molecule has 0 bridgehead atoms. The molecule has 2 aromatic heterocycles. The third-order valence-corrected chi connectivity index (χ3v) is 5.34. The number of anilines is 1. The molecule has 1 unspecified atom stereocenters. The number of nitrogens with zero attached hydrogens (tertiary/aromatic N) is 1. The lowest BCUT2D eigenvalue weighted by molar-refractivity contribution is -0.137. The summed E-state index contributed by atoms with van der Waals surface area (Å²) in [4.78, 5) is 28.6. The van der Waals surface area contributed by atoms with Crippen LogP contribution in [0.15, 0.2) is 70.0 Å². The number of aromatic carboxylic acids is 1. The minimum Gasteiger partial charge on any atom is -0.478 e. The number of pyridine rings is 1. The van der Waals surface area contributed by atoms with Gasteiger partial charge in [0.25, 0.3) is 0 Å². The maximum atomic E-state index is 13.6. The number of carboxylic acids is 1. The molecule has 0 radical (unpaired) electrons. The fraction of sp³-hybridized carbons (Fsp3) is 0.160. The topological polar surface area (TPSA) is 92.4 Å². The first-order chi connectivity index (χ1) is 16.0. The Labute approximate surface area is 191 Å². The molecular weight excluding hydrogens is 449 g/mol. The van der Waals surface area contributed by atoms with E-state index < -0.39 is 29.2 Å². The van der Waals surface area contributed by atoms with Crippen molar-refractivity contribution < 1.29 is 27.5 Å². The summed E-state index contributed by atoms with van der Waals surface area (Å²) in [5.41, 5.74) is -0.234. The number of aromatic nitrogens is 1. The number of alkyl halides is 3. The average molecular weight is 468 g/mol. The highest BCUT2D eigenvalue weighted by Crippen LogP contribution is 2.36. The molecule has 1 atom stereocenters. The first-order valence-electron chi connectivity index (χ1n) is 10.3. The van der Waals surface area contributed by atoms with Gasteiger partial charge in [-0.2, -0.15) is 13.2 Å². The number of para-hydroxylation sites is 1. The van der Waals surface area contributed by atoms with E-state index in [0.717, 1.165) is 23.8 Å². The lowest BCUT2D eigenvalue weighted by Gasteiger charge is -2.20. The van der Waals surface area contributed by atoms with E-state index in [0.29, 0.717) is 5.69 Å². The largest absolute Gasteiger partial charge is 0.478 e. The number of benzene rings is 2. The Balaban J connectivity index is 1.91. The molecule has 4 aromatic rings. The van der Waals surface area contributed by atoms with Gasteiger partial charge in [-0.1, -0.05) is 18.2 Å². The SMILES string of the molecule is Cc1ccc(-c2cc(=O)c3cc(C(F)(F)F)cc(C(C)Nc4ccccc4C(=O)O)c3o2)nc1. The highest BCUT2D eigenvalue weighted by Gasteiger charge is 2.33. The van der Waals surface area contributed by atoms with Crippen molar-refractivity contribution >= 4 is 22.6 Å². The van der Waals surface area contributed by atoms with Crippen molar-refractivity contribution in [2.45, 2.75) is 26.1 Å². The van der Waals surface area contributed by atoms with Crippen LogP contribution in [-0.4, -0.2) is 16.1 Å². The summed E-state index contributed by atoms with van der Waals surface area (Å²) in [5.74, 6) is -1.08. The van der Waals surface area contributed by atoms with Crippen molar-refractivity contribution in [3.8, 4) is 11.5 Å². The Bertz CT molecular complexity index is 1440. The van der Waals surface area contributed by atoms with Crippen molar-refractivity contribution in [3.63, 3.8) is 0 Å². The Morgan fingerprint density at radius 3 is 2.50 bits per heavy atom. The lowest BCUT2D eigenvalue weighted by atomic mass is 9.99. The Hall–Kier alpha value is -4.14. The molecule has 2 N–H and O–H groups in total. The maximum absolute atomic E-state index is 13.6. The molecule has 6 nitrogen and oxygen atoms in total. The molecule has 0 fully saturated rings. The molecular formula is C25H19F3N2O4. The summed E-state index contributed by atoms with van der Waals surface area (Å²) in [6, 6.07) is 11.4. The van der Waals surface area contributed by atoms with Crippen LogP contribution in [0.25, 0.3) is 22.4 Å². The first kappa shape index (κ1) is 23.0. The second-order valence-corrected chi connectivity index (χ2v) is 7.85. The molecule has 0 aliphatic heterocycles. The lowest BCUT2D eigenvalue weighted by Crippen LogP contribution is -2.15. The van der Waals surface area contributed by atoms with Gasteiger partial charge in [-0.3, -0.25) is 9.78 Å². The summed E-state index contributed by atoms with van der Waals surface area (Å²) < 4.78 is 46.8. The number of nitrogens with one attached hydrogen (secondary N) is 1. The zero-order valence-electron chi connectivity index (χ0n) is 18.1. The second kappa shape index (κ2) is 8.66. The van der Waals surface area contributed by atoms with Gasteiger partial charge in [0.2, 0.25) is 0 Å². The van der Waals surface area contributed by atoms with Crippen molar-refractivity contribution in [1.29, 1.82) is 0 Å². The van der Waals surface area contributed by atoms with Crippen molar-refractivity contribution in [2.24, 2.45) is 0 Å². The molecule has 0 aliphatic rings. The number of fused-ring (bicyclic) bond motifs is 1. The summed E-state index contributed by atoms with van der Waals surface area (Å²) in [6.45, 7) is 3.40. The average Bonchev–Trinajstić information content (AvgIpc) is 2.78. The quantitative estimate of drug-likeness (QED) is 0.370. The van der Waals surface area contributed by atoms with E-state index in [9.17, 15) is 27.9 Å². The first-order valence-corrected chi connectivity index (χ1v) is 10.3. The van der Waals surface area contributed by atoms with Crippen LogP contribution in [0.3, 0.4) is 0 Å². The van der Waals surface area contributed by atoms with E-state index in [4.69, 9.17) is 4.42 Å². The van der Waals surface area contributed by atoms with Gasteiger partial charge in [0.15, 0.2) is 11.2 Å². The Morgan fingerprint density at radius 1 is 1.12 bits per heavy atom. The number of rotatable bonds is 5. The summed E-state index contributed by atoms with van der Waals surface area (Å²) >= 11 is 0. The highest BCUT2D eigenvalue weighted by molar-refractivity contribution is 5.94. The number of carbonyl (C=O) groups is 1. The molecule has 0 saturated carbocycles. The summed E-state index contributed by atoms with van der Waals surface area (Å²) in [5, 5.41) is 12.1. The van der Waals surface area contributed by atoms with Crippen LogP contribution in [0, 0.1) is 6.92 Å². The van der Waals surface area contributed by atoms with Crippen LogP contribution in [0.4, 0.5) is 18.9 Å². The number of halogens is 3. The minimum absolute atomic E-state index is 0.0364. The molecule has 174 valence electrons. The standard InChI is InChI=1S/C25H19F3N2O4/c1-13-7-8-20(29-12-13)22-11-21(31)18-10-15(25(26,27)28)9-17(23(18)34-22)14(2)30-19-6-4-3-5-16(19)24(32)33/h3-12,14,30H,1-2H3,(H,32,33). The Kier molecular flexibility index (Phi) is 5.87. The van der Waals surface area contributed by atoms with Crippen LogP contribution >= 0.6 is 0 Å². The van der Waals surface area contributed by atoms with Gasteiger partial charge in [0.05, 0.1) is 22.6 Å². The van der Waals surface area contributed by atoms with Gasteiger partial charge >= 0.3 is 12.1 Å². The summed E-state index contributed by atoms with van der Waals surface area (Å²) in [7, 11) is 0. The number of aryl methyl sites for hydroxylation is 1. The van der Waals surface area contributed by atoms with Gasteiger partial charge in [-0.25, -0.2) is 4.79 Å². The zero-order chi connectivity index (χ0) is 24.6. The summed E-state index contributed by atoms with van der Waals surface area (Å²) in [6.07, 6.45) is -3.12. The van der Waals surface area contributed by atoms with Gasteiger partial charge in [-0.15, -0.1) is 0 Å². The van der Waals surface area contributed by atoms with Gasteiger partial charge < -0.3 is 14.8 Å². The number of hydrogen-bond donors (Lipinski definition) is 2. The van der Waals surface area contributed by atoms with Crippen LogP contribution in [0.2, 0.25) is 0 Å². The van der Waals surface area contributed by atoms with Crippen molar-refractivity contribution in [2.75, 3.05) is 5.32 Å². The maximum Gasteiger partial charge on any atom is 0.416 e. The molecule has 2 aromatic carbocycles. The van der Waals surface area contributed by atoms with Crippen LogP contribution in [0.5, 0.6) is 0 Å². The van der Waals surface area contributed by atoms with Gasteiger partial charge in [0, 0.05) is 23.5 Å². The van der Waals surface area contributed by atoms with E-state index in [1.165, 1.54) is 12.1 Å². The molecule has 4 rings (SSSR count). The number of hydrogen-bond acceptors (Lipinski definition) is 5. The van der Waals surface area contributed by atoms with Crippen LogP contribution < -0.4 is 10.7 Å². The molecule has 0 saturated heterocycles. The monoisotopic (exact) mass is 468 g/mol. The molecule has 0 spiro atoms. The predicted molar refractivity (Wildman–Crippen MR) is 121 cm³/mol. The number of carboxylic acid groups (broad SMARTS) is 1. The van der Waals surface area contributed by atoms with Gasteiger partial charge in [0.1, 0.15) is 11.3 Å². The Morgan fingerprint density at radius 2 is 1.85 bits per heavy atom. The van der Waals surface area contributed by atoms with Crippen LogP contribution in [-0.2, 0) is 6.18 Å². The van der Waals surface area contributed by atoms with Gasteiger partial charge in [-0.05, 0) is 49.7 Å². The van der Waals surface area contributed by atoms with E-state index >= 15 is 0 Å². The zero-order valence-corrected chi connectivity index (χ0v) is 18.1. The second-order valence-electron chi connectivity index (χ2n) is 7.85. The van der Waals surface area contributed by atoms with E-state index in [2.05, 4.69) is 10.3 Å².